The molecule has 0 saturated carbocycles. The molecule has 0 aliphatic rings. The molecule has 61 heavy (non-hydrogen) atoms. The molecule has 0 aliphatic heterocycles. The van der Waals surface area contributed by atoms with Crippen molar-refractivity contribution in [2.24, 2.45) is 5.73 Å². The van der Waals surface area contributed by atoms with Crippen LogP contribution in [0.4, 0.5) is 0 Å². The van der Waals surface area contributed by atoms with E-state index < -0.39 is 20.0 Å². The Hall–Kier alpha value is 1.07. The summed E-state index contributed by atoms with van der Waals surface area (Å²) in [5.41, 5.74) is 5.53. The average molecular weight is 1020 g/mol. The molecule has 0 aliphatic carbocycles. The number of nitrogens with zero attached hydrogens (tertiary/aromatic N) is 1. The van der Waals surface area contributed by atoms with Gasteiger partial charge in [0, 0.05) is 13.1 Å². The van der Waals surface area contributed by atoms with E-state index in [2.05, 4.69) is 44.1 Å². The SMILES string of the molecule is CCCCCCCCCCCCS(=O)(=O)NCCCN(CCCNCCCNCCCCNCCCN)CCCNS(=O)(=O)CCCCCCCCCCCC.Cl.Cl.Cl.Cl.Cl. The minimum Gasteiger partial charge on any atom is -0.330 e. The van der Waals surface area contributed by atoms with Crippen LogP contribution in [0.15, 0.2) is 0 Å². The van der Waals surface area contributed by atoms with Crippen LogP contribution < -0.4 is 31.1 Å². The van der Waals surface area contributed by atoms with Gasteiger partial charge in [-0.15, -0.1) is 62.0 Å². The number of unbranched alkanes of at least 4 members (excludes halogenated alkanes) is 19. The van der Waals surface area contributed by atoms with Gasteiger partial charge in [0.1, 0.15) is 0 Å². The van der Waals surface area contributed by atoms with Crippen molar-refractivity contribution in [3.8, 4) is 0 Å². The molecular formula is C43H100Cl5N7O4S2. The van der Waals surface area contributed by atoms with E-state index in [9.17, 15) is 16.8 Å². The number of hydrogen-bond donors (Lipinski definition) is 6. The first kappa shape index (κ1) is 73.6. The molecule has 0 aromatic carbocycles. The van der Waals surface area contributed by atoms with E-state index >= 15 is 0 Å². The lowest BCUT2D eigenvalue weighted by Crippen LogP contribution is -2.35. The first-order valence-corrected chi connectivity index (χ1v) is 27.1. The molecule has 0 aromatic rings. The average Bonchev–Trinajstić information content (AvgIpc) is 3.17. The molecule has 0 bridgehead atoms. The van der Waals surface area contributed by atoms with E-state index in [-0.39, 0.29) is 73.5 Å². The molecule has 0 atom stereocenters. The lowest BCUT2D eigenvalue weighted by atomic mass is 10.1. The fourth-order valence-corrected chi connectivity index (χ4v) is 9.34. The predicted octanol–water partition coefficient (Wildman–Crippen LogP) is 9.54. The highest BCUT2D eigenvalue weighted by Gasteiger charge is 2.12. The summed E-state index contributed by atoms with van der Waals surface area (Å²) in [7, 11) is -6.51. The molecule has 0 aromatic heterocycles. The summed E-state index contributed by atoms with van der Waals surface area (Å²) in [6.07, 6.45) is 30.7. The van der Waals surface area contributed by atoms with Crippen molar-refractivity contribution in [1.82, 2.24) is 30.3 Å². The van der Waals surface area contributed by atoms with E-state index in [0.29, 0.717) is 13.1 Å². The quantitative estimate of drug-likeness (QED) is 0.0327. The molecular weight excluding hydrogens is 920 g/mol. The number of nitrogens with two attached hydrogens (primary N) is 1. The summed E-state index contributed by atoms with van der Waals surface area (Å²) >= 11 is 0. The Morgan fingerprint density at radius 1 is 0.344 bits per heavy atom. The van der Waals surface area contributed by atoms with Crippen molar-refractivity contribution in [2.45, 2.75) is 187 Å². The minimum atomic E-state index is -3.25. The smallest absolute Gasteiger partial charge is 0.211 e. The van der Waals surface area contributed by atoms with Crippen LogP contribution >= 0.6 is 62.0 Å². The van der Waals surface area contributed by atoms with Gasteiger partial charge in [-0.1, -0.05) is 129 Å². The molecule has 18 heteroatoms. The zero-order valence-corrected chi connectivity index (χ0v) is 44.7. The third kappa shape index (κ3) is 59.1. The fraction of sp³-hybridized carbons (Fsp3) is 1.00. The van der Waals surface area contributed by atoms with Gasteiger partial charge in [0.2, 0.25) is 20.0 Å². The van der Waals surface area contributed by atoms with Crippen LogP contribution in [0.1, 0.15) is 187 Å². The van der Waals surface area contributed by atoms with E-state index in [1.54, 1.807) is 0 Å². The first-order chi connectivity index (χ1) is 27.3. The second kappa shape index (κ2) is 57.2. The topological polar surface area (TPSA) is 158 Å². The summed E-state index contributed by atoms with van der Waals surface area (Å²) in [5, 5.41) is 10.5. The third-order valence-corrected chi connectivity index (χ3v) is 13.5. The summed E-state index contributed by atoms with van der Waals surface area (Å²) in [4.78, 5) is 2.36. The van der Waals surface area contributed by atoms with Gasteiger partial charge in [-0.25, -0.2) is 26.3 Å². The summed E-state index contributed by atoms with van der Waals surface area (Å²) in [6, 6.07) is 0. The van der Waals surface area contributed by atoms with Crippen LogP contribution in [0.2, 0.25) is 0 Å². The third-order valence-electron chi connectivity index (χ3n) is 10.5. The maximum atomic E-state index is 12.6. The minimum absolute atomic E-state index is 0. The van der Waals surface area contributed by atoms with Crippen LogP contribution in [-0.4, -0.2) is 112 Å². The molecule has 0 fully saturated rings. The van der Waals surface area contributed by atoms with Gasteiger partial charge in [-0.3, -0.25) is 0 Å². The van der Waals surface area contributed by atoms with Gasteiger partial charge in [0.05, 0.1) is 11.5 Å². The number of nitrogens with one attached hydrogen (secondary N) is 5. The van der Waals surface area contributed by atoms with Crippen LogP contribution in [0, 0.1) is 0 Å². The second-order valence-corrected chi connectivity index (χ2v) is 20.0. The standard InChI is InChI=1S/C43H95N7O4S2.5ClH/c1-3-5-7-9-11-13-15-17-19-23-42-55(51,52)48-37-28-40-50(39-27-36-47-35-26-34-46-32-22-21-31-45-33-25-30-44)41-29-38-49-56(53,54)43-24-20-18-16-14-12-10-8-6-4-2;;;;;/h45-49H,3-44H2,1-2H3;5*1H. The molecule has 0 rings (SSSR count). The van der Waals surface area contributed by atoms with Gasteiger partial charge < -0.3 is 26.6 Å². The van der Waals surface area contributed by atoms with Crippen molar-refractivity contribution in [1.29, 1.82) is 0 Å². The number of sulfonamides is 2. The number of halogens is 5. The highest BCUT2D eigenvalue weighted by molar-refractivity contribution is 7.89. The molecule has 11 nitrogen and oxygen atoms in total. The van der Waals surface area contributed by atoms with Crippen molar-refractivity contribution in [3.63, 3.8) is 0 Å². The Morgan fingerprint density at radius 2 is 0.623 bits per heavy atom. The number of rotatable bonds is 48. The van der Waals surface area contributed by atoms with Crippen molar-refractivity contribution < 1.29 is 16.8 Å². The van der Waals surface area contributed by atoms with Gasteiger partial charge in [-0.05, 0) is 123 Å². The van der Waals surface area contributed by atoms with Gasteiger partial charge in [-0.2, -0.15) is 0 Å². The number of hydrogen-bond acceptors (Lipinski definition) is 9. The lowest BCUT2D eigenvalue weighted by molar-refractivity contribution is 0.263. The summed E-state index contributed by atoms with van der Waals surface area (Å²) in [5.74, 6) is 0.418. The normalized spacial score (nSPS) is 11.3. The Kier molecular flexibility index (Phi) is 69.0. The van der Waals surface area contributed by atoms with Crippen molar-refractivity contribution in [3.05, 3.63) is 0 Å². The van der Waals surface area contributed by atoms with Crippen LogP contribution in [0.25, 0.3) is 0 Å². The van der Waals surface area contributed by atoms with Crippen molar-refractivity contribution in [2.75, 3.05) is 90.0 Å². The van der Waals surface area contributed by atoms with Gasteiger partial charge in [0.15, 0.2) is 0 Å². The second-order valence-electron chi connectivity index (χ2n) is 16.1. The Balaban J connectivity index is -0.00000151. The zero-order valence-electron chi connectivity index (χ0n) is 39.0. The highest BCUT2D eigenvalue weighted by atomic mass is 35.5. The molecule has 0 heterocycles. The summed E-state index contributed by atoms with van der Waals surface area (Å²) in [6.45, 7) is 14.7. The van der Waals surface area contributed by atoms with Crippen LogP contribution in [0.5, 0.6) is 0 Å². The lowest BCUT2D eigenvalue weighted by Gasteiger charge is -2.22. The van der Waals surface area contributed by atoms with Crippen LogP contribution in [0.3, 0.4) is 0 Å². The Morgan fingerprint density at radius 3 is 0.967 bits per heavy atom. The van der Waals surface area contributed by atoms with Gasteiger partial charge in [0.25, 0.3) is 0 Å². The Bertz CT molecular complexity index is 969. The van der Waals surface area contributed by atoms with E-state index in [4.69, 9.17) is 5.73 Å². The molecule has 0 radical (unpaired) electrons. The van der Waals surface area contributed by atoms with Crippen molar-refractivity contribution >= 4 is 82.1 Å². The van der Waals surface area contributed by atoms with Gasteiger partial charge >= 0.3 is 0 Å². The van der Waals surface area contributed by atoms with E-state index in [1.807, 2.05) is 0 Å². The van der Waals surface area contributed by atoms with Crippen LogP contribution in [-0.2, 0) is 20.0 Å². The monoisotopic (exact) mass is 1020 g/mol. The maximum Gasteiger partial charge on any atom is 0.211 e. The first-order valence-electron chi connectivity index (χ1n) is 23.8. The molecule has 7 N–H and O–H groups in total. The molecule has 0 amide bonds. The maximum absolute atomic E-state index is 12.6. The molecule has 0 spiro atoms. The Labute approximate surface area is 409 Å². The predicted molar refractivity (Wildman–Crippen MR) is 280 cm³/mol. The zero-order chi connectivity index (χ0) is 41.1. The molecule has 0 unspecified atom stereocenters. The molecule has 378 valence electrons. The largest absolute Gasteiger partial charge is 0.330 e. The highest BCUT2D eigenvalue weighted by Crippen LogP contribution is 2.12. The molecule has 0 saturated heterocycles. The van der Waals surface area contributed by atoms with E-state index in [0.717, 1.165) is 136 Å². The fourth-order valence-electron chi connectivity index (χ4n) is 6.97. The van der Waals surface area contributed by atoms with E-state index in [1.165, 1.54) is 103 Å². The summed E-state index contributed by atoms with van der Waals surface area (Å²) < 4.78 is 56.1.